The molecule has 3 rings (SSSR count). The zero-order chi connectivity index (χ0) is 17.3. The monoisotopic (exact) mass is 341 g/mol. The molecule has 1 aromatic heterocycles. The van der Waals surface area contributed by atoms with Crippen molar-refractivity contribution in [1.82, 2.24) is 14.5 Å². The Kier molecular flexibility index (Phi) is 4.93. The maximum absolute atomic E-state index is 6.00. The Bertz CT molecular complexity index is 832. The minimum absolute atomic E-state index is 0.394. The van der Waals surface area contributed by atoms with E-state index in [4.69, 9.17) is 16.6 Å². The minimum Gasteiger partial charge on any atom is -0.327 e. The molecule has 0 aliphatic carbocycles. The van der Waals surface area contributed by atoms with Gasteiger partial charge in [-0.25, -0.2) is 4.98 Å². The Morgan fingerprint density at radius 3 is 2.38 bits per heavy atom. The second-order valence-electron chi connectivity index (χ2n) is 6.15. The number of aryl methyl sites for hydroxylation is 1. The van der Waals surface area contributed by atoms with Crippen molar-refractivity contribution >= 4 is 22.6 Å². The first-order valence-electron chi connectivity index (χ1n) is 8.51. The maximum atomic E-state index is 6.00. The predicted molar refractivity (Wildman–Crippen MR) is 102 cm³/mol. The fourth-order valence-corrected chi connectivity index (χ4v) is 3.44. The van der Waals surface area contributed by atoms with Gasteiger partial charge >= 0.3 is 0 Å². The van der Waals surface area contributed by atoms with Crippen molar-refractivity contribution in [3.05, 3.63) is 53.1 Å². The van der Waals surface area contributed by atoms with Gasteiger partial charge in [0, 0.05) is 23.7 Å². The summed E-state index contributed by atoms with van der Waals surface area (Å²) in [6.45, 7) is 8.77. The molecule has 0 aliphatic rings. The van der Waals surface area contributed by atoms with Crippen molar-refractivity contribution < 1.29 is 0 Å². The van der Waals surface area contributed by atoms with E-state index >= 15 is 0 Å². The van der Waals surface area contributed by atoms with Gasteiger partial charge in [-0.2, -0.15) is 0 Å². The van der Waals surface area contributed by atoms with Crippen LogP contribution in [0.2, 0.25) is 5.02 Å². The first-order chi connectivity index (χ1) is 11.5. The van der Waals surface area contributed by atoms with Crippen molar-refractivity contribution in [3.63, 3.8) is 0 Å². The van der Waals surface area contributed by atoms with Crippen molar-refractivity contribution in [2.45, 2.75) is 26.8 Å². The van der Waals surface area contributed by atoms with E-state index in [1.165, 1.54) is 5.56 Å². The minimum atomic E-state index is 0.394. The van der Waals surface area contributed by atoms with E-state index in [1.807, 2.05) is 24.3 Å². The van der Waals surface area contributed by atoms with Crippen LogP contribution in [0, 0.1) is 0 Å². The molecular formula is C20H24ClN3. The highest BCUT2D eigenvalue weighted by molar-refractivity contribution is 6.30. The molecule has 0 amide bonds. The Morgan fingerprint density at radius 2 is 1.75 bits per heavy atom. The lowest BCUT2D eigenvalue weighted by molar-refractivity contribution is 0.234. The molecule has 126 valence electrons. The van der Waals surface area contributed by atoms with Crippen LogP contribution < -0.4 is 0 Å². The van der Waals surface area contributed by atoms with Gasteiger partial charge in [-0.3, -0.25) is 4.90 Å². The average molecular weight is 342 g/mol. The standard InChI is InChI=1S/C20H24ClN3/c1-5-24(6-2)14(3)16-9-12-19-18(13-16)22-20(23(19)4)15-7-10-17(21)11-8-15/h7-14H,5-6H2,1-4H3. The number of fused-ring (bicyclic) bond motifs is 1. The smallest absolute Gasteiger partial charge is 0.140 e. The molecule has 4 heteroatoms. The van der Waals surface area contributed by atoms with Gasteiger partial charge in [0.05, 0.1) is 11.0 Å². The molecule has 1 atom stereocenters. The summed E-state index contributed by atoms with van der Waals surface area (Å²) in [6, 6.07) is 14.9. The molecule has 0 bridgehead atoms. The number of hydrogen-bond donors (Lipinski definition) is 0. The predicted octanol–water partition coefficient (Wildman–Crippen LogP) is 5.30. The van der Waals surface area contributed by atoms with Crippen LogP contribution in [0.4, 0.5) is 0 Å². The third-order valence-corrected chi connectivity index (χ3v) is 5.10. The van der Waals surface area contributed by atoms with Gasteiger partial charge in [-0.15, -0.1) is 0 Å². The lowest BCUT2D eigenvalue weighted by Crippen LogP contribution is -2.26. The number of aromatic nitrogens is 2. The molecule has 0 saturated carbocycles. The van der Waals surface area contributed by atoms with Crippen molar-refractivity contribution in [1.29, 1.82) is 0 Å². The molecule has 1 heterocycles. The van der Waals surface area contributed by atoms with Crippen LogP contribution in [0.5, 0.6) is 0 Å². The molecule has 0 spiro atoms. The van der Waals surface area contributed by atoms with Crippen molar-refractivity contribution in [3.8, 4) is 11.4 Å². The van der Waals surface area contributed by atoms with Gasteiger partial charge in [0.25, 0.3) is 0 Å². The molecule has 0 aliphatic heterocycles. The summed E-state index contributed by atoms with van der Waals surface area (Å²) >= 11 is 6.00. The van der Waals surface area contributed by atoms with E-state index < -0.39 is 0 Å². The highest BCUT2D eigenvalue weighted by Crippen LogP contribution is 2.28. The summed E-state index contributed by atoms with van der Waals surface area (Å²) in [6.07, 6.45) is 0. The molecule has 2 aromatic carbocycles. The first-order valence-corrected chi connectivity index (χ1v) is 8.89. The molecule has 1 unspecified atom stereocenters. The maximum Gasteiger partial charge on any atom is 0.140 e. The van der Waals surface area contributed by atoms with Gasteiger partial charge in [-0.1, -0.05) is 31.5 Å². The summed E-state index contributed by atoms with van der Waals surface area (Å²) in [5.74, 6) is 0.967. The Morgan fingerprint density at radius 1 is 1.08 bits per heavy atom. The Labute approximate surface area is 148 Å². The van der Waals surface area contributed by atoms with Gasteiger partial charge in [0.2, 0.25) is 0 Å². The zero-order valence-electron chi connectivity index (χ0n) is 14.8. The third-order valence-electron chi connectivity index (χ3n) is 4.85. The second kappa shape index (κ2) is 6.96. The van der Waals surface area contributed by atoms with Gasteiger partial charge in [0.1, 0.15) is 5.82 Å². The zero-order valence-corrected chi connectivity index (χ0v) is 15.5. The van der Waals surface area contributed by atoms with Crippen LogP contribution in [-0.2, 0) is 7.05 Å². The van der Waals surface area contributed by atoms with Crippen LogP contribution in [-0.4, -0.2) is 27.5 Å². The van der Waals surface area contributed by atoms with Crippen LogP contribution in [0.25, 0.3) is 22.4 Å². The first kappa shape index (κ1) is 17.0. The molecular weight excluding hydrogens is 318 g/mol. The summed E-state index contributed by atoms with van der Waals surface area (Å²) < 4.78 is 2.14. The molecule has 0 saturated heterocycles. The van der Waals surface area contributed by atoms with Crippen molar-refractivity contribution in [2.24, 2.45) is 7.05 Å². The van der Waals surface area contributed by atoms with Crippen LogP contribution >= 0.6 is 11.6 Å². The fraction of sp³-hybridized carbons (Fsp3) is 0.350. The Balaban J connectivity index is 2.03. The summed E-state index contributed by atoms with van der Waals surface area (Å²) in [5, 5.41) is 0.743. The topological polar surface area (TPSA) is 21.1 Å². The number of imidazole rings is 1. The largest absolute Gasteiger partial charge is 0.327 e. The van der Waals surface area contributed by atoms with Gasteiger partial charge < -0.3 is 4.57 Å². The lowest BCUT2D eigenvalue weighted by atomic mass is 10.1. The van der Waals surface area contributed by atoms with Crippen LogP contribution in [0.3, 0.4) is 0 Å². The molecule has 0 radical (unpaired) electrons. The molecule has 24 heavy (non-hydrogen) atoms. The van der Waals surface area contributed by atoms with Crippen molar-refractivity contribution in [2.75, 3.05) is 13.1 Å². The van der Waals surface area contributed by atoms with Crippen LogP contribution in [0.15, 0.2) is 42.5 Å². The molecule has 0 N–H and O–H groups in total. The SMILES string of the molecule is CCN(CC)C(C)c1ccc2c(c1)nc(-c1ccc(Cl)cc1)n2C. The average Bonchev–Trinajstić information content (AvgIpc) is 2.93. The number of nitrogens with zero attached hydrogens (tertiary/aromatic N) is 3. The number of rotatable bonds is 5. The third kappa shape index (κ3) is 3.06. The number of benzene rings is 2. The van der Waals surface area contributed by atoms with E-state index in [2.05, 4.69) is 55.5 Å². The Hall–Kier alpha value is -1.84. The quantitative estimate of drug-likeness (QED) is 0.628. The van der Waals surface area contributed by atoms with E-state index in [0.29, 0.717) is 6.04 Å². The van der Waals surface area contributed by atoms with Gasteiger partial charge in [0.15, 0.2) is 0 Å². The van der Waals surface area contributed by atoms with Crippen LogP contribution in [0.1, 0.15) is 32.4 Å². The number of halogens is 1. The summed E-state index contributed by atoms with van der Waals surface area (Å²) in [5.41, 5.74) is 4.58. The van der Waals surface area contributed by atoms with E-state index in [9.17, 15) is 0 Å². The van der Waals surface area contributed by atoms with E-state index in [1.54, 1.807) is 0 Å². The molecule has 3 aromatic rings. The fourth-order valence-electron chi connectivity index (χ4n) is 3.32. The van der Waals surface area contributed by atoms with E-state index in [0.717, 1.165) is 40.5 Å². The highest BCUT2D eigenvalue weighted by atomic mass is 35.5. The lowest BCUT2D eigenvalue weighted by Gasteiger charge is -2.26. The van der Waals surface area contributed by atoms with E-state index in [-0.39, 0.29) is 0 Å². The normalized spacial score (nSPS) is 12.9. The van der Waals surface area contributed by atoms with Gasteiger partial charge in [-0.05, 0) is 62.0 Å². The second-order valence-corrected chi connectivity index (χ2v) is 6.58. The number of hydrogen-bond acceptors (Lipinski definition) is 2. The summed E-state index contributed by atoms with van der Waals surface area (Å²) in [4.78, 5) is 7.32. The summed E-state index contributed by atoms with van der Waals surface area (Å²) in [7, 11) is 2.06. The molecule has 0 fully saturated rings. The highest BCUT2D eigenvalue weighted by Gasteiger charge is 2.15. The molecule has 3 nitrogen and oxygen atoms in total.